The van der Waals surface area contributed by atoms with Crippen molar-refractivity contribution in [3.8, 4) is 55.6 Å². The molecule has 0 amide bonds. The number of benzene rings is 8. The summed E-state index contributed by atoms with van der Waals surface area (Å²) in [7, 11) is 0. The Labute approximate surface area is 361 Å². The Morgan fingerprint density at radius 3 is 1.50 bits per heavy atom. The van der Waals surface area contributed by atoms with E-state index in [1.54, 1.807) is 0 Å². The number of hydrogen-bond acceptors (Lipinski definition) is 2. The van der Waals surface area contributed by atoms with Crippen LogP contribution in [0.5, 0.6) is 0 Å². The maximum absolute atomic E-state index is 6.38. The third-order valence-corrected chi connectivity index (χ3v) is 14.6. The molecule has 3 aliphatic rings. The van der Waals surface area contributed by atoms with Crippen molar-refractivity contribution in [2.45, 2.75) is 50.9 Å². The lowest BCUT2D eigenvalue weighted by Crippen LogP contribution is -2.25. The van der Waals surface area contributed by atoms with Crippen molar-refractivity contribution in [1.82, 2.24) is 0 Å². The summed E-state index contributed by atoms with van der Waals surface area (Å²) in [6.07, 6.45) is 5.67. The van der Waals surface area contributed by atoms with Crippen LogP contribution in [0.25, 0.3) is 101 Å². The van der Waals surface area contributed by atoms with Crippen LogP contribution in [0.3, 0.4) is 0 Å². The molecule has 0 radical (unpaired) electrons. The molecule has 0 aliphatic heterocycles. The highest BCUT2D eigenvalue weighted by Crippen LogP contribution is 2.57. The summed E-state index contributed by atoms with van der Waals surface area (Å²) in [5, 5.41) is 4.70. The van der Waals surface area contributed by atoms with Gasteiger partial charge in [0.15, 0.2) is 0 Å². The van der Waals surface area contributed by atoms with Crippen molar-refractivity contribution in [3.05, 3.63) is 202 Å². The lowest BCUT2D eigenvalue weighted by atomic mass is 9.77. The van der Waals surface area contributed by atoms with Crippen molar-refractivity contribution >= 4 is 45.1 Å². The standard InChI is InChI=1S/C60H44O2/c1-59(2)51-31-41(39-19-25-57-49(29-39)47-27-37(17-23-55(47)61-57)35-11-7-5-8-12-35)15-21-43(51)45-33-46-44-22-16-42(32-52(44)60(3,4)54(46)34-53(45)59)40-20-26-58-50(30-40)48-28-38(18-24-56(48)62-58)36-13-9-6-10-14-36/h5-19,21-34,40H,20H2,1-4H3. The first-order valence-electron chi connectivity index (χ1n) is 22.0. The monoisotopic (exact) mass is 796 g/mol. The molecule has 2 aromatic heterocycles. The van der Waals surface area contributed by atoms with Gasteiger partial charge in [0.05, 0.1) is 0 Å². The molecule has 0 spiro atoms. The molecular weight excluding hydrogens is 753 g/mol. The van der Waals surface area contributed by atoms with Gasteiger partial charge in [-0.3, -0.25) is 0 Å². The maximum Gasteiger partial charge on any atom is 0.135 e. The molecule has 1 unspecified atom stereocenters. The largest absolute Gasteiger partial charge is 0.456 e. The quantitative estimate of drug-likeness (QED) is 0.177. The van der Waals surface area contributed by atoms with E-state index in [9.17, 15) is 0 Å². The minimum atomic E-state index is -0.152. The van der Waals surface area contributed by atoms with Crippen LogP contribution in [-0.4, -0.2) is 0 Å². The van der Waals surface area contributed by atoms with E-state index < -0.39 is 0 Å². The fourth-order valence-electron chi connectivity index (χ4n) is 11.2. The van der Waals surface area contributed by atoms with Crippen LogP contribution in [0.15, 0.2) is 173 Å². The summed E-state index contributed by atoms with van der Waals surface area (Å²) in [5.74, 6) is 0.276. The van der Waals surface area contributed by atoms with Gasteiger partial charge in [0.1, 0.15) is 22.2 Å². The number of hydrogen-bond donors (Lipinski definition) is 0. The summed E-state index contributed by atoms with van der Waals surface area (Å²) in [6, 6.07) is 60.5. The lowest BCUT2D eigenvalue weighted by Gasteiger charge is -2.26. The second-order valence-electron chi connectivity index (χ2n) is 18.8. The van der Waals surface area contributed by atoms with E-state index in [2.05, 4.69) is 204 Å². The van der Waals surface area contributed by atoms with Crippen molar-refractivity contribution in [1.29, 1.82) is 0 Å². The third kappa shape index (κ3) is 5.10. The number of furan rings is 2. The molecule has 0 N–H and O–H groups in total. The molecule has 296 valence electrons. The van der Waals surface area contributed by atoms with Crippen LogP contribution in [0.4, 0.5) is 0 Å². The average Bonchev–Trinajstić information content (AvgIpc) is 4.00. The summed E-state index contributed by atoms with van der Waals surface area (Å²) >= 11 is 0. The molecule has 0 fully saturated rings. The molecule has 3 aliphatic carbocycles. The predicted molar refractivity (Wildman–Crippen MR) is 257 cm³/mol. The van der Waals surface area contributed by atoms with Gasteiger partial charge in [-0.05, 0) is 144 Å². The first kappa shape index (κ1) is 35.6. The normalized spacial score (nSPS) is 16.4. The topological polar surface area (TPSA) is 26.3 Å². The van der Waals surface area contributed by atoms with Crippen LogP contribution in [0, 0.1) is 0 Å². The summed E-state index contributed by atoms with van der Waals surface area (Å²) in [6.45, 7) is 9.65. The highest BCUT2D eigenvalue weighted by atomic mass is 16.3. The van der Waals surface area contributed by atoms with E-state index in [1.165, 1.54) is 94.1 Å². The van der Waals surface area contributed by atoms with Gasteiger partial charge in [-0.25, -0.2) is 0 Å². The molecule has 10 aromatic rings. The smallest absolute Gasteiger partial charge is 0.135 e. The first-order valence-corrected chi connectivity index (χ1v) is 22.0. The first-order chi connectivity index (χ1) is 30.2. The van der Waals surface area contributed by atoms with E-state index >= 15 is 0 Å². The molecule has 13 rings (SSSR count). The lowest BCUT2D eigenvalue weighted by molar-refractivity contribution is 0.570. The van der Waals surface area contributed by atoms with Gasteiger partial charge >= 0.3 is 0 Å². The Morgan fingerprint density at radius 1 is 0.403 bits per heavy atom. The minimum Gasteiger partial charge on any atom is -0.456 e. The van der Waals surface area contributed by atoms with E-state index in [-0.39, 0.29) is 16.7 Å². The van der Waals surface area contributed by atoms with E-state index in [0.717, 1.165) is 39.4 Å². The second kappa shape index (κ2) is 12.7. The van der Waals surface area contributed by atoms with Gasteiger partial charge in [0.25, 0.3) is 0 Å². The molecule has 2 nitrogen and oxygen atoms in total. The summed E-state index contributed by atoms with van der Waals surface area (Å²) in [5.41, 5.74) is 23.2. The molecule has 8 aromatic carbocycles. The molecule has 0 saturated carbocycles. The molecule has 0 bridgehead atoms. The number of fused-ring (bicyclic) bond motifs is 12. The van der Waals surface area contributed by atoms with E-state index in [4.69, 9.17) is 8.83 Å². The summed E-state index contributed by atoms with van der Waals surface area (Å²) < 4.78 is 12.7. The van der Waals surface area contributed by atoms with Crippen LogP contribution in [-0.2, 0) is 10.8 Å². The SMILES string of the molecule is CC1(C)c2cc(-c3ccc4oc5ccc(-c6ccccc6)cc5c4c3)ccc2-c2cc3c(cc21)C(C)(C)c1cc(C2C=c4c(oc5ccc(-c6ccccc6)cc45)=CC2)ccc1-3. The Bertz CT molecular complexity index is 3650. The van der Waals surface area contributed by atoms with Gasteiger partial charge in [0.2, 0.25) is 0 Å². The van der Waals surface area contributed by atoms with Crippen molar-refractivity contribution < 1.29 is 8.83 Å². The van der Waals surface area contributed by atoms with Crippen LogP contribution < -0.4 is 10.6 Å². The maximum atomic E-state index is 6.38. The third-order valence-electron chi connectivity index (χ3n) is 14.6. The average molecular weight is 797 g/mol. The molecule has 2 heteroatoms. The second-order valence-corrected chi connectivity index (χ2v) is 18.8. The zero-order chi connectivity index (χ0) is 41.5. The van der Waals surface area contributed by atoms with Crippen molar-refractivity contribution in [2.24, 2.45) is 0 Å². The predicted octanol–water partition coefficient (Wildman–Crippen LogP) is 14.7. The highest BCUT2D eigenvalue weighted by Gasteiger charge is 2.42. The van der Waals surface area contributed by atoms with Crippen LogP contribution >= 0.6 is 0 Å². The fourth-order valence-corrected chi connectivity index (χ4v) is 11.2. The van der Waals surface area contributed by atoms with Crippen molar-refractivity contribution in [2.75, 3.05) is 0 Å². The highest BCUT2D eigenvalue weighted by molar-refractivity contribution is 6.08. The zero-order valence-electron chi connectivity index (χ0n) is 35.3. The fraction of sp³-hybridized carbons (Fsp3) is 0.133. The van der Waals surface area contributed by atoms with Gasteiger partial charge in [-0.1, -0.05) is 149 Å². The Morgan fingerprint density at radius 2 is 0.887 bits per heavy atom. The van der Waals surface area contributed by atoms with Crippen molar-refractivity contribution in [3.63, 3.8) is 0 Å². The molecule has 1 atom stereocenters. The van der Waals surface area contributed by atoms with Crippen LogP contribution in [0.1, 0.15) is 67.9 Å². The Kier molecular flexibility index (Phi) is 7.28. The summed E-state index contributed by atoms with van der Waals surface area (Å²) in [4.78, 5) is 0. The van der Waals surface area contributed by atoms with Gasteiger partial charge in [0, 0.05) is 38.1 Å². The van der Waals surface area contributed by atoms with Gasteiger partial charge in [-0.15, -0.1) is 0 Å². The molecule has 62 heavy (non-hydrogen) atoms. The Hall–Kier alpha value is -7.16. The minimum absolute atomic E-state index is 0.134. The zero-order valence-corrected chi connectivity index (χ0v) is 35.3. The molecular formula is C60H44O2. The van der Waals surface area contributed by atoms with Gasteiger partial charge in [-0.2, -0.15) is 0 Å². The van der Waals surface area contributed by atoms with E-state index in [0.29, 0.717) is 0 Å². The Balaban J connectivity index is 0.858. The molecule has 0 saturated heterocycles. The number of rotatable bonds is 4. The molecule has 2 heterocycles. The van der Waals surface area contributed by atoms with Gasteiger partial charge < -0.3 is 8.83 Å². The van der Waals surface area contributed by atoms with Crippen LogP contribution in [0.2, 0.25) is 0 Å². The van der Waals surface area contributed by atoms with E-state index in [1.807, 2.05) is 0 Å².